The molecule has 0 radical (unpaired) electrons. The summed E-state index contributed by atoms with van der Waals surface area (Å²) in [5.41, 5.74) is 11.0. The third-order valence-corrected chi connectivity index (χ3v) is 19.5. The number of ether oxygens (including phenoxy) is 9. The zero-order chi connectivity index (χ0) is 67.6. The molecule has 2 aliphatic heterocycles. The lowest BCUT2D eigenvalue weighted by atomic mass is 9.51. The van der Waals surface area contributed by atoms with Crippen LogP contribution in [0.3, 0.4) is 0 Å². The average Bonchev–Trinajstić information content (AvgIpc) is 1.68. The zero-order valence-electron chi connectivity index (χ0n) is 56.3. The van der Waals surface area contributed by atoms with Gasteiger partial charge in [0.15, 0.2) is 0 Å². The van der Waals surface area contributed by atoms with E-state index in [2.05, 4.69) is 57.8 Å². The van der Waals surface area contributed by atoms with Crippen molar-refractivity contribution in [3.8, 4) is 11.5 Å². The molecule has 4 bridgehead atoms. The Hall–Kier alpha value is -6.07. The molecule has 4 aliphatic carbocycles. The summed E-state index contributed by atoms with van der Waals surface area (Å²) in [6, 6.07) is 14.6. The number of allylic oxidation sites excluding steroid dienone is 4. The number of carbonyl (C=O) groups is 3. The summed E-state index contributed by atoms with van der Waals surface area (Å²) in [7, 11) is 3.54. The Bertz CT molecular complexity index is 3170. The van der Waals surface area contributed by atoms with Crippen LogP contribution in [0.2, 0.25) is 0 Å². The van der Waals surface area contributed by atoms with Gasteiger partial charge in [0.25, 0.3) is 5.91 Å². The lowest BCUT2D eigenvalue weighted by Gasteiger charge is -2.54. The molecule has 3 aromatic rings. The number of phenols is 1. The summed E-state index contributed by atoms with van der Waals surface area (Å²) >= 11 is 0. The fraction of sp³-hybridized carbons (Fsp3) is 0.620. The van der Waals surface area contributed by atoms with E-state index in [-0.39, 0.29) is 72.1 Å². The molecule has 24 heteroatoms. The second-order valence-electron chi connectivity index (χ2n) is 26.4. The van der Waals surface area contributed by atoms with Crippen LogP contribution >= 0.6 is 0 Å². The summed E-state index contributed by atoms with van der Waals surface area (Å²) in [6.07, 6.45) is 9.06. The zero-order valence-corrected chi connectivity index (χ0v) is 56.3. The van der Waals surface area contributed by atoms with Crippen LogP contribution in [0.25, 0.3) is 0 Å². The topological polar surface area (TPSA) is 300 Å². The SMILES string of the molecule is CO[C@@H]1C[C@@H](C)CC2=C(NCCOCCOCCOCCOCCOCCOCCn3cc(CN(C)CCOc4ccc([C@H]5C[C@@]6(C)C(CC[C@@H]6O)C6CCc7cc(O)ccc7C65)cc4)nn3)C(=O)C=C(C2=O)N2O[C@H](/C=C\C=C(/C)C2=O)[C@H](OC(N)O)/C(C)=C/[C@@H](C)[C@@H]1O. The van der Waals surface area contributed by atoms with E-state index in [1.807, 2.05) is 39.2 Å². The van der Waals surface area contributed by atoms with Gasteiger partial charge in [0, 0.05) is 56.1 Å². The molecule has 9 rings (SSSR count). The van der Waals surface area contributed by atoms with Crippen LogP contribution in [-0.2, 0) is 76.6 Å². The first kappa shape index (κ1) is 73.2. The highest BCUT2D eigenvalue weighted by molar-refractivity contribution is 6.23. The number of hydrogen-bond acceptors (Lipinski definition) is 22. The molecular weight excluding hydrogens is 1220 g/mol. The van der Waals surface area contributed by atoms with Crippen molar-refractivity contribution in [2.45, 2.75) is 141 Å². The number of aliphatic hydroxyl groups is 3. The van der Waals surface area contributed by atoms with Gasteiger partial charge in [0.2, 0.25) is 18.0 Å². The van der Waals surface area contributed by atoms with Crippen molar-refractivity contribution in [3.05, 3.63) is 130 Å². The molecule has 1 aromatic heterocycles. The Morgan fingerprint density at radius 3 is 2.22 bits per heavy atom. The van der Waals surface area contributed by atoms with Gasteiger partial charge in [-0.05, 0) is 147 Å². The molecule has 4 unspecified atom stereocenters. The van der Waals surface area contributed by atoms with E-state index in [1.165, 1.54) is 23.8 Å². The predicted octanol–water partition coefficient (Wildman–Crippen LogP) is 5.74. The van der Waals surface area contributed by atoms with Crippen molar-refractivity contribution in [1.29, 1.82) is 0 Å². The van der Waals surface area contributed by atoms with Gasteiger partial charge < -0.3 is 68.4 Å². The average molecular weight is 1320 g/mol. The number of nitrogens with one attached hydrogen (secondary N) is 1. The van der Waals surface area contributed by atoms with Gasteiger partial charge in [-0.1, -0.05) is 68.5 Å². The van der Waals surface area contributed by atoms with Gasteiger partial charge in [0.05, 0.1) is 116 Å². The first-order valence-electron chi connectivity index (χ1n) is 33.7. The molecule has 3 heterocycles. The number of aromatic nitrogens is 3. The highest BCUT2D eigenvalue weighted by Gasteiger charge is 2.58. The van der Waals surface area contributed by atoms with Crippen molar-refractivity contribution in [2.24, 2.45) is 34.8 Å². The lowest BCUT2D eigenvalue weighted by Crippen LogP contribution is -2.47. The molecule has 522 valence electrons. The number of aliphatic hydroxyl groups excluding tert-OH is 3. The van der Waals surface area contributed by atoms with Crippen LogP contribution in [0.15, 0.2) is 107 Å². The summed E-state index contributed by atoms with van der Waals surface area (Å²) in [4.78, 5) is 50.9. The largest absolute Gasteiger partial charge is 0.508 e. The molecule has 13 atom stereocenters. The number of methoxy groups -OCH3 is 1. The van der Waals surface area contributed by atoms with Gasteiger partial charge in [-0.25, -0.2) is 4.68 Å². The molecule has 0 saturated heterocycles. The number of carbonyl (C=O) groups excluding carboxylic acids is 3. The number of benzene rings is 2. The van der Waals surface area contributed by atoms with Crippen molar-refractivity contribution in [1.82, 2.24) is 30.3 Å². The number of phenolic OH excluding ortho intramolecular Hbond substituents is 1. The number of amides is 1. The van der Waals surface area contributed by atoms with Gasteiger partial charge in [0.1, 0.15) is 36.0 Å². The third-order valence-electron chi connectivity index (χ3n) is 19.5. The second-order valence-corrected chi connectivity index (χ2v) is 26.4. The summed E-state index contributed by atoms with van der Waals surface area (Å²) in [6.45, 7) is 16.4. The number of likely N-dealkylation sites (N-methyl/N-ethyl adjacent to an activating group) is 1. The number of nitrogens with zero attached hydrogens (tertiary/aromatic N) is 5. The molecule has 95 heavy (non-hydrogen) atoms. The Balaban J connectivity index is 0.593. The van der Waals surface area contributed by atoms with Gasteiger partial charge in [-0.2, -0.15) is 5.06 Å². The van der Waals surface area contributed by atoms with Crippen LogP contribution in [0.5, 0.6) is 11.5 Å². The number of Topliss-reactive ketones (excluding diaryl/α,β-unsaturated/α-hetero) is 1. The normalized spacial score (nSPS) is 29.0. The number of rotatable bonds is 32. The maximum atomic E-state index is 14.6. The summed E-state index contributed by atoms with van der Waals surface area (Å²) < 4.78 is 53.6. The van der Waals surface area contributed by atoms with Crippen molar-refractivity contribution >= 4 is 17.5 Å². The smallest absolute Gasteiger partial charge is 0.277 e. The van der Waals surface area contributed by atoms with Crippen molar-refractivity contribution < 1.29 is 82.3 Å². The number of aromatic hydroxyl groups is 1. The summed E-state index contributed by atoms with van der Waals surface area (Å²) in [5, 5.41) is 55.8. The summed E-state index contributed by atoms with van der Waals surface area (Å²) in [5.74, 6) is 0.252. The van der Waals surface area contributed by atoms with Crippen molar-refractivity contribution in [2.75, 3.05) is 113 Å². The maximum absolute atomic E-state index is 14.6. The third kappa shape index (κ3) is 19.4. The number of hydrogen-bond donors (Lipinski definition) is 6. The molecule has 2 aromatic carbocycles. The Labute approximate surface area is 558 Å². The molecule has 1 amide bonds. The lowest BCUT2D eigenvalue weighted by molar-refractivity contribution is -0.214. The van der Waals surface area contributed by atoms with E-state index < -0.39 is 54.2 Å². The number of hydroxylamine groups is 2. The minimum Gasteiger partial charge on any atom is -0.508 e. The van der Waals surface area contributed by atoms with E-state index in [4.69, 9.17) is 53.2 Å². The molecule has 2 fully saturated rings. The van der Waals surface area contributed by atoms with Gasteiger partial charge >= 0.3 is 0 Å². The Morgan fingerprint density at radius 2 is 1.55 bits per heavy atom. The highest BCUT2D eigenvalue weighted by atomic mass is 16.7. The fourth-order valence-electron chi connectivity index (χ4n) is 14.6. The van der Waals surface area contributed by atoms with Crippen LogP contribution in [-0.4, -0.2) is 213 Å². The predicted molar refractivity (Wildman–Crippen MR) is 351 cm³/mol. The highest BCUT2D eigenvalue weighted by Crippen LogP contribution is 2.65. The quantitative estimate of drug-likeness (QED) is 0.0188. The van der Waals surface area contributed by atoms with E-state index >= 15 is 0 Å². The monoisotopic (exact) mass is 1320 g/mol. The number of fused-ring (bicyclic) bond motifs is 10. The van der Waals surface area contributed by atoms with E-state index in [9.17, 15) is 34.8 Å². The number of aryl methyl sites for hydroxylation is 1. The second kappa shape index (κ2) is 35.4. The van der Waals surface area contributed by atoms with Crippen molar-refractivity contribution in [3.63, 3.8) is 0 Å². The first-order valence-corrected chi connectivity index (χ1v) is 33.7. The van der Waals surface area contributed by atoms with Crippen LogP contribution in [0.4, 0.5) is 0 Å². The van der Waals surface area contributed by atoms with Gasteiger partial charge in [-0.3, -0.25) is 29.9 Å². The molecule has 24 nitrogen and oxygen atoms in total. The molecular formula is C71H101N7O17. The number of ketones is 2. The van der Waals surface area contributed by atoms with Gasteiger partial charge in [-0.15, -0.1) is 5.10 Å². The van der Waals surface area contributed by atoms with E-state index in [1.54, 1.807) is 42.8 Å². The first-order chi connectivity index (χ1) is 45.8. The molecule has 6 aliphatic rings. The van der Waals surface area contributed by atoms with Crippen LogP contribution in [0.1, 0.15) is 107 Å². The fourth-order valence-corrected chi connectivity index (χ4v) is 14.6. The van der Waals surface area contributed by atoms with E-state index in [0.717, 1.165) is 54.7 Å². The van der Waals surface area contributed by atoms with Crippen LogP contribution < -0.4 is 15.8 Å². The molecule has 2 saturated carbocycles. The minimum absolute atomic E-state index is 0.0673. The van der Waals surface area contributed by atoms with E-state index in [0.29, 0.717) is 128 Å². The molecule has 0 spiro atoms. The standard InChI is InChI=1S/C71H101N7O17/c1-45-37-56-65(60(80)41-59(67(56)83)78-69(84)46(2)9-8-10-61(95-78)68(94-70(72)85)48(4)39-47(3)66(82)62(38-45)86-7)73-21-24-87-27-29-89-31-33-91-35-36-92-34-32-90-30-28-88-25-23-77-44-51(74-75-77)43-76(6)22-26-93-53-15-11-49(12-16-53)57-42-71(5)58(19-20-63(71)81)55-17-13-50-40-52(79)14-18-54(50)64(55)57/h8-12,14-16,18,39-41,44-45,47,55,57-58,61-64,66,68,70,73,79,81-82,85H,13,17,19-38,42-43,72H2,1-7H3/b10-8-,46-9+,48-39+/t45-,47+,55?,57+,58?,61+,62+,63-,64?,66-,68+,70?,71-/m0/s1. The minimum atomic E-state index is -1.74. The van der Waals surface area contributed by atoms with Crippen LogP contribution in [0, 0.1) is 29.1 Å². The number of nitrogens with two attached hydrogens (primary N) is 1. The Kier molecular flexibility index (Phi) is 27.3. The molecule has 7 N–H and O–H groups in total. The maximum Gasteiger partial charge on any atom is 0.277 e. The Morgan fingerprint density at radius 1 is 0.874 bits per heavy atom.